The predicted octanol–water partition coefficient (Wildman–Crippen LogP) is 10.9. The van der Waals surface area contributed by atoms with Crippen LogP contribution in [0.1, 0.15) is 0 Å². The van der Waals surface area contributed by atoms with Crippen molar-refractivity contribution in [3.63, 3.8) is 0 Å². The highest BCUT2D eigenvalue weighted by Gasteiger charge is 2.16. The normalized spacial score (nSPS) is 14.8. The molecule has 0 heterocycles. The average molecular weight is 1100 g/mol. The molecule has 0 aliphatic carbocycles. The van der Waals surface area contributed by atoms with Gasteiger partial charge in [-0.25, -0.2) is 0 Å². The summed E-state index contributed by atoms with van der Waals surface area (Å²) in [7, 11) is 0. The maximum atomic E-state index is 4.44. The van der Waals surface area contributed by atoms with E-state index in [1.807, 2.05) is 106 Å². The summed E-state index contributed by atoms with van der Waals surface area (Å²) in [5, 5.41) is 3.89. The van der Waals surface area contributed by atoms with Gasteiger partial charge in [0.2, 0.25) is 0 Å². The van der Waals surface area contributed by atoms with Crippen LogP contribution < -0.4 is 0 Å². The van der Waals surface area contributed by atoms with Crippen molar-refractivity contribution in [3.05, 3.63) is 0 Å². The summed E-state index contributed by atoms with van der Waals surface area (Å²) in [6.45, 7) is 0. The summed E-state index contributed by atoms with van der Waals surface area (Å²) < 4.78 is 0. The van der Waals surface area contributed by atoms with E-state index in [9.17, 15) is 0 Å². The Kier molecular flexibility index (Phi) is 65.7. The maximum absolute atomic E-state index is 4.44. The fourth-order valence-electron chi connectivity index (χ4n) is 3.23. The molecular formula is C30H66S21. The summed E-state index contributed by atoms with van der Waals surface area (Å²) in [4.78, 5) is 0. The Morgan fingerprint density at radius 2 is 0.510 bits per heavy atom. The zero-order chi connectivity index (χ0) is 38.8. The third kappa shape index (κ3) is 46.7. The van der Waals surface area contributed by atoms with Crippen molar-refractivity contribution in [1.29, 1.82) is 0 Å². The average Bonchev–Trinajstić information content (AvgIpc) is 3.16. The van der Waals surface area contributed by atoms with E-state index in [0.29, 0.717) is 31.5 Å². The van der Waals surface area contributed by atoms with Crippen LogP contribution in [0.2, 0.25) is 0 Å². The molecule has 0 aliphatic rings. The van der Waals surface area contributed by atoms with Crippen molar-refractivity contribution < 1.29 is 0 Å². The SMILES string of the molecule is SCCSC(CS)CSCC(CS)SCCS.SCCSCC(CS)SC(CS)CSCCS.SCCSCC(CS)SCC(CS)SCCS. The van der Waals surface area contributed by atoms with Gasteiger partial charge < -0.3 is 0 Å². The van der Waals surface area contributed by atoms with Gasteiger partial charge in [-0.05, 0) is 34.5 Å². The first-order valence-corrected chi connectivity index (χ1v) is 33.9. The molecule has 312 valence electrons. The van der Waals surface area contributed by atoms with E-state index in [-0.39, 0.29) is 0 Å². The van der Waals surface area contributed by atoms with Crippen LogP contribution in [0, 0.1) is 0 Å². The molecule has 0 spiro atoms. The van der Waals surface area contributed by atoms with Crippen LogP contribution in [-0.2, 0) is 0 Å². The minimum Gasteiger partial charge on any atom is -0.179 e. The highest BCUT2D eigenvalue weighted by Crippen LogP contribution is 2.27. The molecule has 0 aromatic rings. The van der Waals surface area contributed by atoms with Crippen molar-refractivity contribution in [3.8, 4) is 0 Å². The lowest BCUT2D eigenvalue weighted by Gasteiger charge is -2.20. The molecule has 0 nitrogen and oxygen atoms in total. The minimum absolute atomic E-state index is 0.636. The zero-order valence-corrected chi connectivity index (χ0v) is 47.6. The monoisotopic (exact) mass is 1100 g/mol. The second-order valence-electron chi connectivity index (χ2n) is 10.0. The number of thioether (sulfide) groups is 9. The maximum Gasteiger partial charge on any atom is 0.0229 e. The van der Waals surface area contributed by atoms with Gasteiger partial charge in [0.1, 0.15) is 0 Å². The molecule has 0 radical (unpaired) electrons. The highest BCUT2D eigenvalue weighted by molar-refractivity contribution is 8.07. The third-order valence-corrected chi connectivity index (χ3v) is 25.5. The molecule has 0 rings (SSSR count). The second kappa shape index (κ2) is 53.5. The molecular weight excluding hydrogens is 1030 g/mol. The van der Waals surface area contributed by atoms with Crippen molar-refractivity contribution in [2.45, 2.75) is 31.5 Å². The number of hydrogen-bond acceptors (Lipinski definition) is 21. The lowest BCUT2D eigenvalue weighted by Crippen LogP contribution is -2.19. The van der Waals surface area contributed by atoms with Crippen molar-refractivity contribution in [2.24, 2.45) is 0 Å². The molecule has 21 heteroatoms. The first kappa shape index (κ1) is 62.6. The van der Waals surface area contributed by atoms with Gasteiger partial charge in [0.05, 0.1) is 0 Å². The van der Waals surface area contributed by atoms with Crippen molar-refractivity contribution in [1.82, 2.24) is 0 Å². The van der Waals surface area contributed by atoms with E-state index in [2.05, 4.69) is 152 Å². The lowest BCUT2D eigenvalue weighted by atomic mass is 10.5. The van der Waals surface area contributed by atoms with E-state index < -0.39 is 0 Å². The Morgan fingerprint density at radius 1 is 0.255 bits per heavy atom. The molecule has 0 aromatic carbocycles. The Hall–Kier alpha value is 7.35. The molecule has 0 saturated carbocycles. The molecule has 0 amide bonds. The quantitative estimate of drug-likeness (QED) is 0.0217. The molecule has 0 aliphatic heterocycles. The molecule has 0 saturated heterocycles. The third-order valence-electron chi connectivity index (χ3n) is 5.68. The van der Waals surface area contributed by atoms with Crippen LogP contribution in [0.5, 0.6) is 0 Å². The van der Waals surface area contributed by atoms with Gasteiger partial charge in [-0.1, -0.05) is 0 Å². The number of thiol groups is 12. The van der Waals surface area contributed by atoms with E-state index in [1.165, 1.54) is 34.5 Å². The molecule has 6 unspecified atom stereocenters. The van der Waals surface area contributed by atoms with Crippen LogP contribution in [-0.4, -0.2) is 170 Å². The Labute approximate surface area is 420 Å². The second-order valence-corrected chi connectivity index (χ2v) is 26.6. The van der Waals surface area contributed by atoms with Gasteiger partial charge in [-0.2, -0.15) is 257 Å². The van der Waals surface area contributed by atoms with Crippen LogP contribution >= 0.6 is 257 Å². The van der Waals surface area contributed by atoms with Gasteiger partial charge in [-0.15, -0.1) is 0 Å². The zero-order valence-electron chi connectivity index (χ0n) is 29.5. The molecule has 0 fully saturated rings. The summed E-state index contributed by atoms with van der Waals surface area (Å²) >= 11 is 69.9. The Bertz CT molecular complexity index is 596. The minimum atomic E-state index is 0.636. The van der Waals surface area contributed by atoms with E-state index in [0.717, 1.165) is 104 Å². The topological polar surface area (TPSA) is 0 Å². The number of hydrogen-bond donors (Lipinski definition) is 12. The van der Waals surface area contributed by atoms with Gasteiger partial charge >= 0.3 is 0 Å². The van der Waals surface area contributed by atoms with E-state index in [1.54, 1.807) is 0 Å². The van der Waals surface area contributed by atoms with Gasteiger partial charge in [-0.3, -0.25) is 0 Å². The predicted molar refractivity (Wildman–Crippen MR) is 316 cm³/mol. The fourth-order valence-corrected chi connectivity index (χ4v) is 18.8. The first-order chi connectivity index (χ1) is 24.8. The van der Waals surface area contributed by atoms with Gasteiger partial charge in [0.15, 0.2) is 0 Å². The van der Waals surface area contributed by atoms with Crippen molar-refractivity contribution in [2.75, 3.05) is 138 Å². The summed E-state index contributed by atoms with van der Waals surface area (Å²) in [5.74, 6) is 25.3. The molecule has 0 N–H and O–H groups in total. The largest absolute Gasteiger partial charge is 0.179 e. The smallest absolute Gasteiger partial charge is 0.0229 e. The van der Waals surface area contributed by atoms with Gasteiger partial charge in [0.25, 0.3) is 0 Å². The Balaban J connectivity index is -0.000000678. The lowest BCUT2D eigenvalue weighted by molar-refractivity contribution is 1.09. The molecule has 51 heavy (non-hydrogen) atoms. The Morgan fingerprint density at radius 3 is 0.804 bits per heavy atom. The van der Waals surface area contributed by atoms with E-state index >= 15 is 0 Å². The number of rotatable bonds is 36. The first-order valence-electron chi connectivity index (χ1n) is 16.6. The van der Waals surface area contributed by atoms with Crippen LogP contribution in [0.4, 0.5) is 0 Å². The van der Waals surface area contributed by atoms with Gasteiger partial charge in [0, 0.05) is 135 Å². The van der Waals surface area contributed by atoms with Crippen LogP contribution in [0.3, 0.4) is 0 Å². The molecule has 0 aromatic heterocycles. The van der Waals surface area contributed by atoms with Crippen LogP contribution in [0.25, 0.3) is 0 Å². The van der Waals surface area contributed by atoms with E-state index in [4.69, 9.17) is 0 Å². The summed E-state index contributed by atoms with van der Waals surface area (Å²) in [6, 6.07) is 0. The van der Waals surface area contributed by atoms with Crippen LogP contribution in [0.15, 0.2) is 0 Å². The summed E-state index contributed by atoms with van der Waals surface area (Å²) in [5.41, 5.74) is 0. The van der Waals surface area contributed by atoms with Crippen molar-refractivity contribution >= 4 is 257 Å². The summed E-state index contributed by atoms with van der Waals surface area (Å²) in [6.07, 6.45) is 0. The molecule has 6 atom stereocenters. The standard InChI is InChI=1S/3C10H22S7/c11-1-3-16-9(5-13)7-15-8-10(6-14)17-4-2-12;11-1-3-15-7-9(5-13)17-8-10(6-14)16-4-2-12;11-1-3-15-7-9(5-13)17-10(6-14)8-16-4-2-12/h3*9-14H,1-8H2. The molecule has 0 bridgehead atoms. The fraction of sp³-hybridized carbons (Fsp3) is 1.00. The highest BCUT2D eigenvalue weighted by atomic mass is 32.2.